The molecule has 1 fully saturated rings. The molecular weight excluding hydrogens is 398 g/mol. The zero-order valence-electron chi connectivity index (χ0n) is 16.6. The van der Waals surface area contributed by atoms with Gasteiger partial charge in [0.15, 0.2) is 16.6 Å². The number of aromatic nitrogens is 6. The SMILES string of the molecule is Nc1ncnc2c1ncn2CCCSc1nc2ccccc2c(=O)n1C1CCCC1. The summed E-state index contributed by atoms with van der Waals surface area (Å²) < 4.78 is 3.94. The lowest BCUT2D eigenvalue weighted by atomic mass is 10.2. The van der Waals surface area contributed by atoms with Gasteiger partial charge >= 0.3 is 0 Å². The van der Waals surface area contributed by atoms with Crippen LogP contribution in [0.15, 0.2) is 46.9 Å². The fourth-order valence-corrected chi connectivity index (χ4v) is 5.16. The highest BCUT2D eigenvalue weighted by Crippen LogP contribution is 2.32. The average molecular weight is 422 g/mol. The number of aryl methyl sites for hydroxylation is 1. The molecule has 1 aromatic carbocycles. The fraction of sp³-hybridized carbons (Fsp3) is 0.381. The molecule has 0 spiro atoms. The Hall–Kier alpha value is -2.94. The summed E-state index contributed by atoms with van der Waals surface area (Å²) in [7, 11) is 0. The number of benzene rings is 1. The molecule has 9 heteroatoms. The number of hydrogen-bond acceptors (Lipinski definition) is 7. The van der Waals surface area contributed by atoms with E-state index in [1.54, 1.807) is 18.1 Å². The number of thioether (sulfide) groups is 1. The van der Waals surface area contributed by atoms with Crippen LogP contribution in [-0.4, -0.2) is 34.8 Å². The van der Waals surface area contributed by atoms with Crippen molar-refractivity contribution in [3.05, 3.63) is 47.3 Å². The van der Waals surface area contributed by atoms with Crippen molar-refractivity contribution < 1.29 is 0 Å². The standard InChI is InChI=1S/C21H23N7OS/c22-18-17-19(24-12-23-18)27(13-25-17)10-5-11-30-21-26-16-9-4-3-8-15(16)20(29)28(21)14-6-1-2-7-14/h3-4,8-9,12-14H,1-2,5-7,10-11H2,(H2,22,23,24). The Balaban J connectivity index is 1.36. The third-order valence-corrected chi connectivity index (χ3v) is 6.71. The molecule has 1 saturated carbocycles. The Kier molecular flexibility index (Phi) is 5.12. The first-order chi connectivity index (χ1) is 14.7. The number of nitrogens with zero attached hydrogens (tertiary/aromatic N) is 6. The van der Waals surface area contributed by atoms with Gasteiger partial charge in [-0.15, -0.1) is 0 Å². The number of rotatable bonds is 6. The van der Waals surface area contributed by atoms with E-state index in [4.69, 9.17) is 10.7 Å². The van der Waals surface area contributed by atoms with Gasteiger partial charge in [0, 0.05) is 18.3 Å². The number of para-hydroxylation sites is 1. The van der Waals surface area contributed by atoms with E-state index in [0.717, 1.165) is 47.9 Å². The van der Waals surface area contributed by atoms with Gasteiger partial charge < -0.3 is 10.3 Å². The van der Waals surface area contributed by atoms with E-state index in [9.17, 15) is 4.79 Å². The Morgan fingerprint density at radius 3 is 2.83 bits per heavy atom. The van der Waals surface area contributed by atoms with E-state index in [-0.39, 0.29) is 11.6 Å². The molecule has 1 aliphatic rings. The highest BCUT2D eigenvalue weighted by molar-refractivity contribution is 7.99. The van der Waals surface area contributed by atoms with Crippen molar-refractivity contribution in [2.45, 2.75) is 49.8 Å². The molecule has 0 saturated heterocycles. The second-order valence-corrected chi connectivity index (χ2v) is 8.66. The van der Waals surface area contributed by atoms with Gasteiger partial charge in [-0.25, -0.2) is 19.9 Å². The molecule has 154 valence electrons. The Morgan fingerprint density at radius 1 is 1.13 bits per heavy atom. The summed E-state index contributed by atoms with van der Waals surface area (Å²) >= 11 is 1.65. The van der Waals surface area contributed by atoms with E-state index in [0.29, 0.717) is 16.7 Å². The normalized spacial score (nSPS) is 14.8. The van der Waals surface area contributed by atoms with E-state index >= 15 is 0 Å². The third-order valence-electron chi connectivity index (χ3n) is 5.67. The summed E-state index contributed by atoms with van der Waals surface area (Å²) in [6.07, 6.45) is 8.56. The van der Waals surface area contributed by atoms with Gasteiger partial charge in [-0.1, -0.05) is 36.7 Å². The van der Waals surface area contributed by atoms with Crippen molar-refractivity contribution in [3.8, 4) is 0 Å². The molecule has 4 aromatic rings. The minimum atomic E-state index is 0.0859. The van der Waals surface area contributed by atoms with E-state index in [2.05, 4.69) is 15.0 Å². The van der Waals surface area contributed by atoms with Crippen LogP contribution in [0.1, 0.15) is 38.1 Å². The molecule has 0 amide bonds. The fourth-order valence-electron chi connectivity index (χ4n) is 4.17. The summed E-state index contributed by atoms with van der Waals surface area (Å²) in [5.74, 6) is 1.24. The van der Waals surface area contributed by atoms with Crippen LogP contribution < -0.4 is 11.3 Å². The van der Waals surface area contributed by atoms with Gasteiger partial charge in [0.05, 0.1) is 17.2 Å². The molecule has 0 bridgehead atoms. The first kappa shape index (κ1) is 19.0. The predicted octanol–water partition coefficient (Wildman–Crippen LogP) is 3.42. The molecule has 0 radical (unpaired) electrons. The van der Waals surface area contributed by atoms with Crippen LogP contribution in [0.25, 0.3) is 22.1 Å². The topological polar surface area (TPSA) is 105 Å². The van der Waals surface area contributed by atoms with Gasteiger partial charge in [0.25, 0.3) is 5.56 Å². The molecular formula is C21H23N7OS. The third kappa shape index (κ3) is 3.43. The maximum atomic E-state index is 13.2. The number of nitrogen functional groups attached to an aromatic ring is 1. The molecule has 1 aliphatic carbocycles. The summed E-state index contributed by atoms with van der Waals surface area (Å²) in [4.78, 5) is 30.6. The molecule has 3 heterocycles. The van der Waals surface area contributed by atoms with Gasteiger partial charge in [-0.2, -0.15) is 0 Å². The highest BCUT2D eigenvalue weighted by atomic mass is 32.2. The van der Waals surface area contributed by atoms with Crippen LogP contribution in [0.4, 0.5) is 5.82 Å². The minimum absolute atomic E-state index is 0.0859. The summed E-state index contributed by atoms with van der Waals surface area (Å²) in [6, 6.07) is 7.89. The zero-order valence-corrected chi connectivity index (χ0v) is 17.4. The predicted molar refractivity (Wildman–Crippen MR) is 119 cm³/mol. The Bertz CT molecular complexity index is 1260. The van der Waals surface area contributed by atoms with Crippen molar-refractivity contribution in [1.29, 1.82) is 0 Å². The van der Waals surface area contributed by atoms with E-state index in [1.165, 1.54) is 19.2 Å². The second kappa shape index (κ2) is 8.06. The van der Waals surface area contributed by atoms with Crippen LogP contribution in [0.5, 0.6) is 0 Å². The molecule has 2 N–H and O–H groups in total. The van der Waals surface area contributed by atoms with Gasteiger partial charge in [0.2, 0.25) is 0 Å². The number of nitrogens with two attached hydrogens (primary N) is 1. The molecule has 5 rings (SSSR count). The quantitative estimate of drug-likeness (QED) is 0.289. The summed E-state index contributed by atoms with van der Waals surface area (Å²) in [5.41, 5.74) is 8.11. The molecule has 0 aliphatic heterocycles. The molecule has 30 heavy (non-hydrogen) atoms. The number of imidazole rings is 1. The lowest BCUT2D eigenvalue weighted by Crippen LogP contribution is -2.26. The molecule has 8 nitrogen and oxygen atoms in total. The summed E-state index contributed by atoms with van der Waals surface area (Å²) in [6.45, 7) is 0.765. The maximum Gasteiger partial charge on any atom is 0.262 e. The average Bonchev–Trinajstić information content (AvgIpc) is 3.42. The van der Waals surface area contributed by atoms with Crippen molar-refractivity contribution in [3.63, 3.8) is 0 Å². The number of fused-ring (bicyclic) bond motifs is 2. The first-order valence-corrected chi connectivity index (χ1v) is 11.3. The van der Waals surface area contributed by atoms with Crippen molar-refractivity contribution in [2.24, 2.45) is 0 Å². The van der Waals surface area contributed by atoms with Gasteiger partial charge in [-0.05, 0) is 31.4 Å². The summed E-state index contributed by atoms with van der Waals surface area (Å²) in [5, 5.41) is 1.53. The van der Waals surface area contributed by atoms with Crippen molar-refractivity contribution in [2.75, 3.05) is 11.5 Å². The van der Waals surface area contributed by atoms with Crippen LogP contribution in [0, 0.1) is 0 Å². The van der Waals surface area contributed by atoms with E-state index in [1.807, 2.05) is 33.4 Å². The van der Waals surface area contributed by atoms with Gasteiger partial charge in [0.1, 0.15) is 11.8 Å². The molecule has 3 aromatic heterocycles. The second-order valence-electron chi connectivity index (χ2n) is 7.60. The number of anilines is 1. The lowest BCUT2D eigenvalue weighted by Gasteiger charge is -2.18. The van der Waals surface area contributed by atoms with Crippen LogP contribution in [0.2, 0.25) is 0 Å². The monoisotopic (exact) mass is 421 g/mol. The lowest BCUT2D eigenvalue weighted by molar-refractivity contribution is 0.457. The number of hydrogen-bond donors (Lipinski definition) is 1. The van der Waals surface area contributed by atoms with Crippen molar-refractivity contribution in [1.82, 2.24) is 29.1 Å². The Morgan fingerprint density at radius 2 is 1.97 bits per heavy atom. The van der Waals surface area contributed by atoms with Crippen molar-refractivity contribution >= 4 is 39.6 Å². The van der Waals surface area contributed by atoms with Gasteiger partial charge in [-0.3, -0.25) is 9.36 Å². The maximum absolute atomic E-state index is 13.2. The smallest absolute Gasteiger partial charge is 0.262 e. The minimum Gasteiger partial charge on any atom is -0.382 e. The van der Waals surface area contributed by atoms with Crippen LogP contribution in [-0.2, 0) is 6.54 Å². The van der Waals surface area contributed by atoms with E-state index < -0.39 is 0 Å². The first-order valence-electron chi connectivity index (χ1n) is 10.3. The van der Waals surface area contributed by atoms with Crippen LogP contribution >= 0.6 is 11.8 Å². The van der Waals surface area contributed by atoms with Crippen LogP contribution in [0.3, 0.4) is 0 Å². The Labute approximate surface area is 177 Å². The molecule has 0 atom stereocenters. The molecule has 0 unspecified atom stereocenters. The zero-order chi connectivity index (χ0) is 20.5. The highest BCUT2D eigenvalue weighted by Gasteiger charge is 2.23. The largest absolute Gasteiger partial charge is 0.382 e.